The van der Waals surface area contributed by atoms with Crippen molar-refractivity contribution in [3.05, 3.63) is 73.6 Å². The molecule has 0 aliphatic carbocycles. The van der Waals surface area contributed by atoms with E-state index in [1.165, 1.54) is 12.3 Å². The minimum Gasteiger partial charge on any atom is -0.438 e. The zero-order valence-electron chi connectivity index (χ0n) is 14.9. The van der Waals surface area contributed by atoms with E-state index in [4.69, 9.17) is 10.00 Å². The number of thiophene rings is 1. The van der Waals surface area contributed by atoms with Crippen molar-refractivity contribution < 1.29 is 14.5 Å². The van der Waals surface area contributed by atoms with Gasteiger partial charge in [0.15, 0.2) is 0 Å². The largest absolute Gasteiger partial charge is 0.438 e. The van der Waals surface area contributed by atoms with E-state index in [1.54, 1.807) is 44.2 Å². The molecular weight excluding hydrogens is 380 g/mol. The number of rotatable bonds is 5. The maximum atomic E-state index is 12.4. The van der Waals surface area contributed by atoms with E-state index in [0.29, 0.717) is 21.9 Å². The molecule has 9 heteroatoms. The Balaban J connectivity index is 1.77. The first-order valence-corrected chi connectivity index (χ1v) is 8.90. The molecule has 2 aromatic heterocycles. The molecule has 0 saturated carbocycles. The molecule has 0 atom stereocenters. The predicted octanol–water partition coefficient (Wildman–Crippen LogP) is 4.58. The molecule has 0 fully saturated rings. The van der Waals surface area contributed by atoms with E-state index in [0.717, 1.165) is 16.9 Å². The molecule has 0 bridgehead atoms. The average molecular weight is 394 g/mol. The smallest absolute Gasteiger partial charge is 0.283 e. The Morgan fingerprint density at radius 1 is 1.32 bits per heavy atom. The monoisotopic (exact) mass is 394 g/mol. The van der Waals surface area contributed by atoms with E-state index >= 15 is 0 Å². The van der Waals surface area contributed by atoms with Gasteiger partial charge < -0.3 is 10.1 Å². The first-order chi connectivity index (χ1) is 13.4. The molecule has 28 heavy (non-hydrogen) atoms. The van der Waals surface area contributed by atoms with Crippen LogP contribution < -0.4 is 10.1 Å². The average Bonchev–Trinajstić information content (AvgIpc) is 3.06. The van der Waals surface area contributed by atoms with Gasteiger partial charge in [-0.15, -0.1) is 11.3 Å². The summed E-state index contributed by atoms with van der Waals surface area (Å²) >= 11 is 1.07. The fraction of sp³-hybridized carbons (Fsp3) is 0.105. The fourth-order valence-corrected chi connectivity index (χ4v) is 3.34. The third-order valence-electron chi connectivity index (χ3n) is 3.86. The van der Waals surface area contributed by atoms with Gasteiger partial charge in [0.2, 0.25) is 5.88 Å². The van der Waals surface area contributed by atoms with Gasteiger partial charge in [-0.2, -0.15) is 5.26 Å². The number of aryl methyl sites for hydroxylation is 2. The van der Waals surface area contributed by atoms with Gasteiger partial charge >= 0.3 is 0 Å². The Kier molecular flexibility index (Phi) is 5.33. The molecule has 1 aromatic carbocycles. The van der Waals surface area contributed by atoms with Crippen LogP contribution in [0.2, 0.25) is 0 Å². The minimum absolute atomic E-state index is 0.0701. The number of hydrogen-bond acceptors (Lipinski definition) is 7. The van der Waals surface area contributed by atoms with Crippen molar-refractivity contribution in [1.29, 1.82) is 5.26 Å². The molecule has 0 unspecified atom stereocenters. The summed E-state index contributed by atoms with van der Waals surface area (Å²) in [6.45, 7) is 3.39. The molecule has 3 rings (SSSR count). The first-order valence-electron chi connectivity index (χ1n) is 8.09. The number of ether oxygens (including phenoxy) is 1. The Morgan fingerprint density at radius 2 is 2.11 bits per heavy atom. The highest BCUT2D eigenvalue weighted by molar-refractivity contribution is 7.14. The molecular formula is C19H14N4O4S. The van der Waals surface area contributed by atoms with Crippen LogP contribution in [0.15, 0.2) is 42.6 Å². The summed E-state index contributed by atoms with van der Waals surface area (Å²) in [6.07, 6.45) is 1.53. The zero-order chi connectivity index (χ0) is 20.3. The van der Waals surface area contributed by atoms with Crippen molar-refractivity contribution in [3.8, 4) is 17.7 Å². The summed E-state index contributed by atoms with van der Waals surface area (Å²) in [6, 6.07) is 11.5. The highest BCUT2D eigenvalue weighted by Crippen LogP contribution is 2.30. The number of carbonyl (C=O) groups excluding carboxylic acids is 1. The van der Waals surface area contributed by atoms with Crippen LogP contribution in [0.5, 0.6) is 11.6 Å². The number of benzene rings is 1. The fourth-order valence-electron chi connectivity index (χ4n) is 2.46. The molecule has 0 aliphatic rings. The Morgan fingerprint density at radius 3 is 2.75 bits per heavy atom. The maximum Gasteiger partial charge on any atom is 0.283 e. The van der Waals surface area contributed by atoms with Crippen LogP contribution in [0.3, 0.4) is 0 Å². The van der Waals surface area contributed by atoms with Crippen LogP contribution >= 0.6 is 11.3 Å². The van der Waals surface area contributed by atoms with Gasteiger partial charge in [0.05, 0.1) is 14.7 Å². The third kappa shape index (κ3) is 3.97. The molecule has 0 spiro atoms. The second-order valence-electron chi connectivity index (χ2n) is 5.81. The Hall–Kier alpha value is -3.77. The van der Waals surface area contributed by atoms with E-state index in [2.05, 4.69) is 10.3 Å². The number of hydrogen-bond donors (Lipinski definition) is 1. The number of anilines is 1. The molecule has 0 radical (unpaired) electrons. The van der Waals surface area contributed by atoms with Crippen LogP contribution in [-0.4, -0.2) is 15.8 Å². The first kappa shape index (κ1) is 19.0. The number of carbonyl (C=O) groups is 1. The van der Waals surface area contributed by atoms with E-state index in [9.17, 15) is 14.9 Å². The van der Waals surface area contributed by atoms with Crippen molar-refractivity contribution in [2.75, 3.05) is 5.32 Å². The number of amides is 1. The number of nitriles is 1. The SMILES string of the molecule is Cc1cc(Oc2ncccc2C#N)ccc1NC(=O)c1cc([N+](=O)[O-])c(C)s1. The Labute approximate surface area is 164 Å². The zero-order valence-corrected chi connectivity index (χ0v) is 15.7. The molecule has 3 aromatic rings. The van der Waals surface area contributed by atoms with Crippen LogP contribution in [0.25, 0.3) is 0 Å². The number of aromatic nitrogens is 1. The van der Waals surface area contributed by atoms with Crippen LogP contribution in [-0.2, 0) is 0 Å². The van der Waals surface area contributed by atoms with Crippen molar-refractivity contribution in [3.63, 3.8) is 0 Å². The van der Waals surface area contributed by atoms with E-state index in [-0.39, 0.29) is 16.4 Å². The second kappa shape index (κ2) is 7.85. The van der Waals surface area contributed by atoms with Gasteiger partial charge in [0.25, 0.3) is 11.6 Å². The van der Waals surface area contributed by atoms with Gasteiger partial charge in [-0.25, -0.2) is 4.98 Å². The summed E-state index contributed by atoms with van der Waals surface area (Å²) < 4.78 is 5.65. The quantitative estimate of drug-likeness (QED) is 0.500. The van der Waals surface area contributed by atoms with Crippen molar-refractivity contribution in [2.24, 2.45) is 0 Å². The number of nitrogens with zero attached hydrogens (tertiary/aromatic N) is 3. The molecule has 8 nitrogen and oxygen atoms in total. The molecule has 0 saturated heterocycles. The highest BCUT2D eigenvalue weighted by Gasteiger charge is 2.20. The topological polar surface area (TPSA) is 118 Å². The van der Waals surface area contributed by atoms with Gasteiger partial charge in [-0.05, 0) is 49.7 Å². The van der Waals surface area contributed by atoms with Crippen LogP contribution in [0.1, 0.15) is 25.7 Å². The minimum atomic E-state index is -0.507. The van der Waals surface area contributed by atoms with Gasteiger partial charge in [-0.1, -0.05) is 0 Å². The summed E-state index contributed by atoms with van der Waals surface area (Å²) in [7, 11) is 0. The van der Waals surface area contributed by atoms with E-state index < -0.39 is 10.8 Å². The molecule has 1 amide bonds. The molecule has 140 valence electrons. The molecule has 0 aliphatic heterocycles. The Bertz CT molecular complexity index is 1120. The lowest BCUT2D eigenvalue weighted by Gasteiger charge is -2.10. The lowest BCUT2D eigenvalue weighted by Crippen LogP contribution is -2.11. The molecule has 2 heterocycles. The van der Waals surface area contributed by atoms with Crippen molar-refractivity contribution in [2.45, 2.75) is 13.8 Å². The summed E-state index contributed by atoms with van der Waals surface area (Å²) in [4.78, 5) is 27.6. The maximum absolute atomic E-state index is 12.4. The number of nitrogens with one attached hydrogen (secondary N) is 1. The normalized spacial score (nSPS) is 10.2. The van der Waals surface area contributed by atoms with E-state index in [1.807, 2.05) is 6.07 Å². The van der Waals surface area contributed by atoms with Gasteiger partial charge in [0, 0.05) is 18.0 Å². The lowest BCUT2D eigenvalue weighted by atomic mass is 10.2. The highest BCUT2D eigenvalue weighted by atomic mass is 32.1. The lowest BCUT2D eigenvalue weighted by molar-refractivity contribution is -0.385. The van der Waals surface area contributed by atoms with Gasteiger partial charge in [0.1, 0.15) is 17.4 Å². The van der Waals surface area contributed by atoms with Crippen molar-refractivity contribution in [1.82, 2.24) is 4.98 Å². The van der Waals surface area contributed by atoms with Crippen molar-refractivity contribution >= 4 is 28.6 Å². The molecule has 1 N–H and O–H groups in total. The third-order valence-corrected chi connectivity index (χ3v) is 4.90. The number of pyridine rings is 1. The standard InChI is InChI=1S/C19H14N4O4S/c1-11-8-14(27-19-13(10-20)4-3-7-21-19)5-6-15(11)22-18(24)17-9-16(23(25)26)12(2)28-17/h3-9H,1-2H3,(H,22,24). The summed E-state index contributed by atoms with van der Waals surface area (Å²) in [5.41, 5.74) is 1.52. The second-order valence-corrected chi connectivity index (χ2v) is 7.07. The van der Waals surface area contributed by atoms with Gasteiger partial charge in [-0.3, -0.25) is 14.9 Å². The summed E-state index contributed by atoms with van der Waals surface area (Å²) in [5, 5.41) is 22.8. The van der Waals surface area contributed by atoms with Crippen LogP contribution in [0, 0.1) is 35.3 Å². The predicted molar refractivity (Wildman–Crippen MR) is 104 cm³/mol. The summed E-state index contributed by atoms with van der Waals surface area (Å²) in [5.74, 6) is 0.241. The van der Waals surface area contributed by atoms with Crippen LogP contribution in [0.4, 0.5) is 11.4 Å². The number of nitro groups is 1.